The molecule has 0 atom stereocenters. The summed E-state index contributed by atoms with van der Waals surface area (Å²) in [6.45, 7) is 2.71. The molecule has 4 aromatic rings. The number of anilines is 1. The number of aryl methyl sites for hydroxylation is 1. The number of carbonyl (C=O) groups is 1. The molecule has 2 aromatic carbocycles. The molecule has 1 amide bonds. The van der Waals surface area contributed by atoms with Gasteiger partial charge in [0.1, 0.15) is 11.6 Å². The lowest BCUT2D eigenvalue weighted by Gasteiger charge is -2.09. The predicted molar refractivity (Wildman–Crippen MR) is 119 cm³/mol. The van der Waals surface area contributed by atoms with Gasteiger partial charge in [0.15, 0.2) is 0 Å². The quantitative estimate of drug-likeness (QED) is 0.414. The number of rotatable bonds is 6. The molecule has 0 bridgehead atoms. The summed E-state index contributed by atoms with van der Waals surface area (Å²) in [6.07, 6.45) is 5.23. The van der Waals surface area contributed by atoms with Crippen LogP contribution >= 0.6 is 15.9 Å². The highest BCUT2D eigenvalue weighted by Gasteiger charge is 2.08. The van der Waals surface area contributed by atoms with Crippen LogP contribution in [0.25, 0.3) is 0 Å². The maximum atomic E-state index is 12.5. The number of nitrogens with zero attached hydrogens (tertiary/aromatic N) is 3. The second-order valence-corrected chi connectivity index (χ2v) is 7.61. The Hall–Kier alpha value is -3.45. The smallest absolute Gasteiger partial charge is 0.257 e. The average Bonchev–Trinajstić information content (AvgIpc) is 3.14. The van der Waals surface area contributed by atoms with Crippen LogP contribution < -0.4 is 10.1 Å². The van der Waals surface area contributed by atoms with Crippen molar-refractivity contribution in [1.29, 1.82) is 0 Å². The number of ether oxygens (including phenoxy) is 1. The van der Waals surface area contributed by atoms with Crippen LogP contribution in [-0.4, -0.2) is 20.4 Å². The number of amides is 1. The fourth-order valence-electron chi connectivity index (χ4n) is 2.89. The van der Waals surface area contributed by atoms with Crippen molar-refractivity contribution in [3.63, 3.8) is 0 Å². The Morgan fingerprint density at radius 3 is 2.60 bits per heavy atom. The van der Waals surface area contributed by atoms with Crippen LogP contribution in [0.1, 0.15) is 21.7 Å². The van der Waals surface area contributed by atoms with Gasteiger partial charge in [0.05, 0.1) is 5.56 Å². The normalized spacial score (nSPS) is 10.6. The summed E-state index contributed by atoms with van der Waals surface area (Å²) >= 11 is 3.40. The lowest BCUT2D eigenvalue weighted by Crippen LogP contribution is -2.12. The monoisotopic (exact) mass is 462 g/mol. The van der Waals surface area contributed by atoms with Gasteiger partial charge in [-0.25, -0.2) is 9.97 Å². The van der Waals surface area contributed by atoms with Crippen LogP contribution in [0.4, 0.5) is 5.69 Å². The lowest BCUT2D eigenvalue weighted by molar-refractivity contribution is 0.102. The van der Waals surface area contributed by atoms with Gasteiger partial charge in [0.25, 0.3) is 5.91 Å². The number of hydrogen-bond acceptors (Lipinski definition) is 4. The standard InChI is InChI=1S/C23H19BrN4O2/c1-16-25-11-12-28(16)15-17-5-8-20(9-6-17)27-23(29)18-7-10-22(26-14-18)30-21-4-2-3-19(24)13-21/h2-14H,15H2,1H3,(H,27,29). The largest absolute Gasteiger partial charge is 0.439 e. The molecule has 0 radical (unpaired) electrons. The number of nitrogens with one attached hydrogen (secondary N) is 1. The van der Waals surface area contributed by atoms with Gasteiger partial charge in [-0.15, -0.1) is 0 Å². The molecular formula is C23H19BrN4O2. The van der Waals surface area contributed by atoms with E-state index in [-0.39, 0.29) is 5.91 Å². The van der Waals surface area contributed by atoms with Crippen LogP contribution in [0.15, 0.2) is 83.7 Å². The molecule has 4 rings (SSSR count). The third-order valence-corrected chi connectivity index (χ3v) is 5.00. The molecule has 0 aliphatic carbocycles. The molecule has 7 heteroatoms. The van der Waals surface area contributed by atoms with Gasteiger partial charge in [-0.3, -0.25) is 4.79 Å². The molecule has 2 aromatic heterocycles. The van der Waals surface area contributed by atoms with Gasteiger partial charge in [-0.2, -0.15) is 0 Å². The fourth-order valence-corrected chi connectivity index (χ4v) is 3.27. The molecule has 0 fully saturated rings. The number of pyridine rings is 1. The Morgan fingerprint density at radius 1 is 1.10 bits per heavy atom. The van der Waals surface area contributed by atoms with Crippen molar-refractivity contribution in [2.75, 3.05) is 5.32 Å². The fraction of sp³-hybridized carbons (Fsp3) is 0.0870. The van der Waals surface area contributed by atoms with E-state index in [1.165, 1.54) is 6.20 Å². The second kappa shape index (κ2) is 8.92. The van der Waals surface area contributed by atoms with Crippen LogP contribution in [-0.2, 0) is 6.54 Å². The van der Waals surface area contributed by atoms with Crippen LogP contribution in [0.3, 0.4) is 0 Å². The first-order valence-corrected chi connectivity index (χ1v) is 10.1. The van der Waals surface area contributed by atoms with Crippen LogP contribution in [0.2, 0.25) is 0 Å². The molecule has 0 aliphatic heterocycles. The van der Waals surface area contributed by atoms with Gasteiger partial charge in [0, 0.05) is 41.4 Å². The lowest BCUT2D eigenvalue weighted by atomic mass is 10.2. The van der Waals surface area contributed by atoms with Crippen molar-refractivity contribution >= 4 is 27.5 Å². The predicted octanol–water partition coefficient (Wildman–Crippen LogP) is 5.44. The summed E-state index contributed by atoms with van der Waals surface area (Å²) in [6, 6.07) is 18.6. The molecule has 6 nitrogen and oxygen atoms in total. The minimum absolute atomic E-state index is 0.227. The number of halogens is 1. The summed E-state index contributed by atoms with van der Waals surface area (Å²) in [5.41, 5.74) is 2.31. The number of carbonyl (C=O) groups excluding carboxylic acids is 1. The van der Waals surface area contributed by atoms with E-state index in [1.807, 2.05) is 61.7 Å². The van der Waals surface area contributed by atoms with Gasteiger partial charge in [0.2, 0.25) is 5.88 Å². The first-order chi connectivity index (χ1) is 14.6. The molecule has 30 heavy (non-hydrogen) atoms. The van der Waals surface area contributed by atoms with Gasteiger partial charge in [-0.05, 0) is 48.9 Å². The summed E-state index contributed by atoms with van der Waals surface area (Å²) in [4.78, 5) is 21.0. The van der Waals surface area contributed by atoms with Crippen molar-refractivity contribution in [2.45, 2.75) is 13.5 Å². The van der Waals surface area contributed by atoms with E-state index in [0.29, 0.717) is 17.2 Å². The zero-order valence-corrected chi connectivity index (χ0v) is 17.8. The van der Waals surface area contributed by atoms with Gasteiger partial charge >= 0.3 is 0 Å². The van der Waals surface area contributed by atoms with E-state index in [0.717, 1.165) is 28.1 Å². The van der Waals surface area contributed by atoms with E-state index in [2.05, 4.69) is 35.8 Å². The van der Waals surface area contributed by atoms with Crippen molar-refractivity contribution in [3.05, 3.63) is 101 Å². The molecule has 1 N–H and O–H groups in total. The maximum absolute atomic E-state index is 12.5. The van der Waals surface area contributed by atoms with E-state index in [4.69, 9.17) is 4.74 Å². The molecule has 150 valence electrons. The third-order valence-electron chi connectivity index (χ3n) is 4.51. The maximum Gasteiger partial charge on any atom is 0.257 e. The summed E-state index contributed by atoms with van der Waals surface area (Å²) in [5.74, 6) is 1.82. The Bertz CT molecular complexity index is 1150. The van der Waals surface area contributed by atoms with Gasteiger partial charge in [-0.1, -0.05) is 34.1 Å². The van der Waals surface area contributed by atoms with Crippen molar-refractivity contribution in [1.82, 2.24) is 14.5 Å². The van der Waals surface area contributed by atoms with Crippen LogP contribution in [0.5, 0.6) is 11.6 Å². The number of hydrogen-bond donors (Lipinski definition) is 1. The summed E-state index contributed by atoms with van der Waals surface area (Å²) < 4.78 is 8.68. The minimum Gasteiger partial charge on any atom is -0.439 e. The Balaban J connectivity index is 1.37. The van der Waals surface area contributed by atoms with Gasteiger partial charge < -0.3 is 14.6 Å². The Labute approximate surface area is 182 Å². The Morgan fingerprint density at radius 2 is 1.93 bits per heavy atom. The van der Waals surface area contributed by atoms with E-state index in [9.17, 15) is 4.79 Å². The van der Waals surface area contributed by atoms with Crippen molar-refractivity contribution in [2.24, 2.45) is 0 Å². The van der Waals surface area contributed by atoms with Crippen molar-refractivity contribution in [3.8, 4) is 11.6 Å². The van der Waals surface area contributed by atoms with E-state index >= 15 is 0 Å². The third kappa shape index (κ3) is 4.93. The summed E-state index contributed by atoms with van der Waals surface area (Å²) in [7, 11) is 0. The minimum atomic E-state index is -0.227. The van der Waals surface area contributed by atoms with Crippen LogP contribution in [0, 0.1) is 6.92 Å². The highest BCUT2D eigenvalue weighted by Crippen LogP contribution is 2.23. The highest BCUT2D eigenvalue weighted by atomic mass is 79.9. The molecule has 0 aliphatic rings. The first-order valence-electron chi connectivity index (χ1n) is 9.34. The summed E-state index contributed by atoms with van der Waals surface area (Å²) in [5, 5.41) is 2.89. The molecule has 0 saturated carbocycles. The SMILES string of the molecule is Cc1nccn1Cc1ccc(NC(=O)c2ccc(Oc3cccc(Br)c3)nc2)cc1. The molecule has 0 saturated heterocycles. The highest BCUT2D eigenvalue weighted by molar-refractivity contribution is 9.10. The first kappa shape index (κ1) is 19.8. The van der Waals surface area contributed by atoms with Crippen molar-refractivity contribution < 1.29 is 9.53 Å². The second-order valence-electron chi connectivity index (χ2n) is 6.70. The number of imidazole rings is 1. The average molecular weight is 463 g/mol. The molecular weight excluding hydrogens is 444 g/mol. The van der Waals surface area contributed by atoms with E-state index in [1.54, 1.807) is 18.3 Å². The Kier molecular flexibility index (Phi) is 5.90. The molecule has 0 spiro atoms. The number of aromatic nitrogens is 3. The topological polar surface area (TPSA) is 69.0 Å². The van der Waals surface area contributed by atoms with E-state index < -0.39 is 0 Å². The molecule has 0 unspecified atom stereocenters. The zero-order valence-electron chi connectivity index (χ0n) is 16.2. The zero-order chi connectivity index (χ0) is 20.9. The molecule has 2 heterocycles. The number of benzene rings is 2.